The molecule has 0 aliphatic rings. The van der Waals surface area contributed by atoms with Gasteiger partial charge < -0.3 is 20.5 Å². The van der Waals surface area contributed by atoms with Crippen LogP contribution < -0.4 is 10.6 Å². The van der Waals surface area contributed by atoms with Crippen molar-refractivity contribution in [2.45, 2.75) is 54.1 Å². The number of rotatable bonds is 9. The molecule has 6 nitrogen and oxygen atoms in total. The molecule has 2 amide bonds. The third-order valence-corrected chi connectivity index (χ3v) is 2.81. The van der Waals surface area contributed by atoms with E-state index in [4.69, 9.17) is 4.74 Å². The lowest BCUT2D eigenvalue weighted by molar-refractivity contribution is -0.137. The van der Waals surface area contributed by atoms with Gasteiger partial charge in [-0.05, 0) is 0 Å². The molecule has 0 fully saturated rings. The summed E-state index contributed by atoms with van der Waals surface area (Å²) in [4.78, 5) is 23.0. The van der Waals surface area contributed by atoms with Crippen molar-refractivity contribution >= 4 is 24.4 Å². The maximum atomic E-state index is 11.7. The zero-order valence-corrected chi connectivity index (χ0v) is 16.6. The molecule has 0 spiro atoms. The first-order chi connectivity index (χ1) is 10.8. The highest BCUT2D eigenvalue weighted by Gasteiger charge is 2.33. The number of carbonyl (C=O) groups is 2. The lowest BCUT2D eigenvalue weighted by Crippen LogP contribution is -2.46. The van der Waals surface area contributed by atoms with Crippen LogP contribution in [0.3, 0.4) is 0 Å². The lowest BCUT2D eigenvalue weighted by atomic mass is 9.87. The highest BCUT2D eigenvalue weighted by molar-refractivity contribution is 7.80. The van der Waals surface area contributed by atoms with Crippen LogP contribution in [0, 0.1) is 5.41 Å². The fourth-order valence-corrected chi connectivity index (χ4v) is 1.60. The van der Waals surface area contributed by atoms with Gasteiger partial charge in [0.05, 0.1) is 6.61 Å². The van der Waals surface area contributed by atoms with E-state index in [0.29, 0.717) is 12.3 Å². The van der Waals surface area contributed by atoms with Crippen molar-refractivity contribution in [3.05, 3.63) is 0 Å². The highest BCUT2D eigenvalue weighted by Crippen LogP contribution is 2.20. The first-order valence-electron chi connectivity index (χ1n) is 8.17. The first kappa shape index (κ1) is 27.1. The maximum absolute atomic E-state index is 11.7. The predicted octanol–water partition coefficient (Wildman–Crippen LogP) is 1.62. The Morgan fingerprint density at radius 3 is 2.09 bits per heavy atom. The molecular weight excluding hydrogens is 316 g/mol. The van der Waals surface area contributed by atoms with Crippen LogP contribution in [0.2, 0.25) is 0 Å². The number of amides is 2. The molecule has 7 heteroatoms. The Balaban J connectivity index is -0.000000919. The molecule has 3 N–H and O–H groups in total. The molecule has 0 saturated carbocycles. The van der Waals surface area contributed by atoms with Crippen LogP contribution in [-0.4, -0.2) is 55.6 Å². The molecule has 23 heavy (non-hydrogen) atoms. The van der Waals surface area contributed by atoms with Crippen molar-refractivity contribution < 1.29 is 19.4 Å². The fraction of sp³-hybridized carbons (Fsp3) is 0.875. The Hall–Kier alpha value is -0.790. The summed E-state index contributed by atoms with van der Waals surface area (Å²) in [6, 6.07) is 0. The molecule has 0 rings (SSSR count). The van der Waals surface area contributed by atoms with Gasteiger partial charge >= 0.3 is 0 Å². The summed E-state index contributed by atoms with van der Waals surface area (Å²) < 4.78 is 4.95. The Morgan fingerprint density at radius 1 is 1.13 bits per heavy atom. The molecule has 0 heterocycles. The lowest BCUT2D eigenvalue weighted by Gasteiger charge is -2.28. The number of hydrogen-bond acceptors (Lipinski definition) is 5. The Kier molecular flexibility index (Phi) is 20.7. The monoisotopic (exact) mass is 352 g/mol. The van der Waals surface area contributed by atoms with E-state index < -0.39 is 17.4 Å². The number of carbonyl (C=O) groups excluding carboxylic acids is 2. The van der Waals surface area contributed by atoms with Crippen molar-refractivity contribution in [1.82, 2.24) is 10.6 Å². The van der Waals surface area contributed by atoms with Crippen molar-refractivity contribution in [2.75, 3.05) is 32.6 Å². The molecule has 0 aromatic rings. The third kappa shape index (κ3) is 14.5. The fourth-order valence-electron chi connectivity index (χ4n) is 1.49. The van der Waals surface area contributed by atoms with Gasteiger partial charge in [0, 0.05) is 37.8 Å². The van der Waals surface area contributed by atoms with Gasteiger partial charge in [0.2, 0.25) is 11.8 Å². The standard InChI is InChI=1S/C12H24N2O4S.2C2H6/c1-12(2,8-18-3)10(16)11(17)14-5-4-9(15)13-6-7-19;2*1-2/h10,16,19H,4-8H2,1-3H3,(H,13,15)(H,14,17);2*1-2H3/t10-;;/m0../s1. The van der Waals surface area contributed by atoms with Crippen LogP contribution in [0.4, 0.5) is 0 Å². The molecule has 1 atom stereocenters. The van der Waals surface area contributed by atoms with Crippen LogP contribution >= 0.6 is 12.6 Å². The quantitative estimate of drug-likeness (QED) is 0.475. The van der Waals surface area contributed by atoms with Crippen LogP contribution in [0.15, 0.2) is 0 Å². The molecule has 0 aliphatic heterocycles. The van der Waals surface area contributed by atoms with Gasteiger partial charge in [-0.25, -0.2) is 0 Å². The number of thiol groups is 1. The number of aliphatic hydroxyl groups excluding tert-OH is 1. The number of aliphatic hydroxyl groups is 1. The molecule has 0 radical (unpaired) electrons. The van der Waals surface area contributed by atoms with Crippen molar-refractivity contribution in [3.63, 3.8) is 0 Å². The minimum atomic E-state index is -1.17. The Morgan fingerprint density at radius 2 is 1.65 bits per heavy atom. The number of nitrogens with one attached hydrogen (secondary N) is 2. The largest absolute Gasteiger partial charge is 0.384 e. The average Bonchev–Trinajstić information content (AvgIpc) is 2.55. The Bertz CT molecular complexity index is 300. The van der Waals surface area contributed by atoms with E-state index >= 15 is 0 Å². The summed E-state index contributed by atoms with van der Waals surface area (Å²) in [5.41, 5.74) is -0.673. The highest BCUT2D eigenvalue weighted by atomic mass is 32.1. The first-order valence-corrected chi connectivity index (χ1v) is 8.80. The smallest absolute Gasteiger partial charge is 0.249 e. The van der Waals surface area contributed by atoms with Crippen molar-refractivity contribution in [1.29, 1.82) is 0 Å². The van der Waals surface area contributed by atoms with Crippen LogP contribution in [0.5, 0.6) is 0 Å². The molecule has 0 aliphatic carbocycles. The second kappa shape index (κ2) is 17.6. The normalized spacial score (nSPS) is 11.2. The van der Waals surface area contributed by atoms with Crippen molar-refractivity contribution in [2.24, 2.45) is 5.41 Å². The zero-order chi connectivity index (χ0) is 18.9. The topological polar surface area (TPSA) is 87.7 Å². The van der Waals surface area contributed by atoms with Crippen molar-refractivity contribution in [3.8, 4) is 0 Å². The number of hydrogen-bond donors (Lipinski definition) is 4. The SMILES string of the molecule is CC.CC.COCC(C)(C)[C@@H](O)C(=O)NCCC(=O)NCCS. The summed E-state index contributed by atoms with van der Waals surface area (Å²) in [6.07, 6.45) is -0.996. The molecule has 0 saturated heterocycles. The summed E-state index contributed by atoms with van der Waals surface area (Å²) in [6.45, 7) is 12.4. The number of methoxy groups -OCH3 is 1. The summed E-state index contributed by atoms with van der Waals surface area (Å²) in [5.74, 6) is -0.0776. The molecule has 140 valence electrons. The van der Waals surface area contributed by atoms with E-state index in [0.717, 1.165) is 0 Å². The molecule has 0 aromatic carbocycles. The van der Waals surface area contributed by atoms with Gasteiger partial charge in [-0.1, -0.05) is 41.5 Å². The van der Waals surface area contributed by atoms with E-state index in [1.807, 2.05) is 27.7 Å². The molecule has 0 bridgehead atoms. The maximum Gasteiger partial charge on any atom is 0.249 e. The van der Waals surface area contributed by atoms with Gasteiger partial charge in [0.25, 0.3) is 0 Å². The number of ether oxygens (including phenoxy) is 1. The average molecular weight is 353 g/mol. The van der Waals surface area contributed by atoms with Gasteiger partial charge in [0.15, 0.2) is 0 Å². The van der Waals surface area contributed by atoms with E-state index in [9.17, 15) is 14.7 Å². The second-order valence-electron chi connectivity index (χ2n) is 4.94. The molecule has 0 unspecified atom stereocenters. The third-order valence-electron chi connectivity index (χ3n) is 2.59. The van der Waals surface area contributed by atoms with Crippen LogP contribution in [0.25, 0.3) is 0 Å². The minimum Gasteiger partial charge on any atom is -0.384 e. The molecular formula is C16H36N2O4S. The molecule has 0 aromatic heterocycles. The van der Waals surface area contributed by atoms with Crippen LogP contribution in [0.1, 0.15) is 48.0 Å². The summed E-state index contributed by atoms with van der Waals surface area (Å²) in [5, 5.41) is 15.0. The Labute approximate surface area is 147 Å². The van der Waals surface area contributed by atoms with Gasteiger partial charge in [-0.2, -0.15) is 12.6 Å². The van der Waals surface area contributed by atoms with Crippen LogP contribution in [-0.2, 0) is 14.3 Å². The van der Waals surface area contributed by atoms with Gasteiger partial charge in [0.1, 0.15) is 6.10 Å². The minimum absolute atomic E-state index is 0.153. The predicted molar refractivity (Wildman–Crippen MR) is 98.8 cm³/mol. The summed E-state index contributed by atoms with van der Waals surface area (Å²) in [7, 11) is 1.51. The van der Waals surface area contributed by atoms with E-state index in [-0.39, 0.29) is 25.5 Å². The van der Waals surface area contributed by atoms with Gasteiger partial charge in [-0.3, -0.25) is 9.59 Å². The van der Waals surface area contributed by atoms with E-state index in [1.165, 1.54) is 7.11 Å². The van der Waals surface area contributed by atoms with E-state index in [2.05, 4.69) is 23.3 Å². The summed E-state index contributed by atoms with van der Waals surface area (Å²) >= 11 is 3.97. The zero-order valence-electron chi connectivity index (χ0n) is 15.7. The van der Waals surface area contributed by atoms with E-state index in [1.54, 1.807) is 13.8 Å². The second-order valence-corrected chi connectivity index (χ2v) is 5.39. The van der Waals surface area contributed by atoms with Gasteiger partial charge in [-0.15, -0.1) is 0 Å².